The van der Waals surface area contributed by atoms with Crippen molar-refractivity contribution in [2.24, 2.45) is 5.41 Å². The van der Waals surface area contributed by atoms with Gasteiger partial charge in [0.15, 0.2) is 0 Å². The van der Waals surface area contributed by atoms with Gasteiger partial charge in [0, 0.05) is 31.5 Å². The average molecular weight is 266 g/mol. The van der Waals surface area contributed by atoms with Gasteiger partial charge in [0.1, 0.15) is 5.82 Å². The van der Waals surface area contributed by atoms with E-state index in [1.165, 1.54) is 0 Å². The highest BCUT2D eigenvalue weighted by molar-refractivity contribution is 5.42. The molecule has 0 aliphatic heterocycles. The van der Waals surface area contributed by atoms with Crippen molar-refractivity contribution >= 4 is 11.8 Å². The van der Waals surface area contributed by atoms with Crippen LogP contribution in [0, 0.1) is 12.3 Å². The number of rotatable bonds is 8. The Morgan fingerprint density at radius 1 is 1.26 bits per heavy atom. The molecular weight excluding hydrogens is 240 g/mol. The zero-order valence-corrected chi connectivity index (χ0v) is 12.5. The fourth-order valence-electron chi connectivity index (χ4n) is 1.87. The van der Waals surface area contributed by atoms with Crippen molar-refractivity contribution in [3.8, 4) is 0 Å². The lowest BCUT2D eigenvalue weighted by atomic mass is 9.88. The molecule has 5 heteroatoms. The first kappa shape index (κ1) is 15.7. The van der Waals surface area contributed by atoms with Gasteiger partial charge in [-0.2, -0.15) is 4.98 Å². The fraction of sp³-hybridized carbons (Fsp3) is 0.714. The minimum absolute atomic E-state index is 0.139. The molecule has 0 spiro atoms. The molecule has 0 unspecified atom stereocenters. The minimum atomic E-state index is 0.139. The van der Waals surface area contributed by atoms with Gasteiger partial charge in [-0.05, 0) is 32.1 Å². The van der Waals surface area contributed by atoms with Gasteiger partial charge in [0.25, 0.3) is 0 Å². The maximum Gasteiger partial charge on any atom is 0.224 e. The Kier molecular flexibility index (Phi) is 6.02. The summed E-state index contributed by atoms with van der Waals surface area (Å²) >= 11 is 0. The van der Waals surface area contributed by atoms with Crippen molar-refractivity contribution < 1.29 is 5.11 Å². The summed E-state index contributed by atoms with van der Waals surface area (Å²) in [6.45, 7) is 10.3. The van der Waals surface area contributed by atoms with Crippen LogP contribution in [0.25, 0.3) is 0 Å². The predicted octanol–water partition coefficient (Wildman–Crippen LogP) is 2.43. The second kappa shape index (κ2) is 7.28. The first-order valence-electron chi connectivity index (χ1n) is 6.91. The van der Waals surface area contributed by atoms with Gasteiger partial charge in [0.2, 0.25) is 5.95 Å². The molecule has 5 nitrogen and oxygen atoms in total. The molecule has 0 aliphatic carbocycles. The predicted molar refractivity (Wildman–Crippen MR) is 79.5 cm³/mol. The average Bonchev–Trinajstić information content (AvgIpc) is 2.34. The largest absolute Gasteiger partial charge is 0.396 e. The van der Waals surface area contributed by atoms with Crippen LogP contribution in [0.2, 0.25) is 0 Å². The van der Waals surface area contributed by atoms with E-state index in [1.807, 2.05) is 19.9 Å². The van der Waals surface area contributed by atoms with Crippen LogP contribution in [0.3, 0.4) is 0 Å². The maximum absolute atomic E-state index is 8.90. The van der Waals surface area contributed by atoms with Gasteiger partial charge >= 0.3 is 0 Å². The molecule has 0 amide bonds. The molecule has 0 aliphatic rings. The van der Waals surface area contributed by atoms with Crippen molar-refractivity contribution in [2.75, 3.05) is 30.3 Å². The van der Waals surface area contributed by atoms with Gasteiger partial charge in [-0.15, -0.1) is 0 Å². The molecule has 0 saturated heterocycles. The van der Waals surface area contributed by atoms with Crippen molar-refractivity contribution in [3.05, 3.63) is 11.8 Å². The SMILES string of the molecule is CCNc1nc(C)cc(NCC(C)(C)CCCO)n1. The van der Waals surface area contributed by atoms with Gasteiger partial charge in [-0.3, -0.25) is 0 Å². The third-order valence-corrected chi connectivity index (χ3v) is 2.95. The zero-order valence-electron chi connectivity index (χ0n) is 12.5. The normalized spacial score (nSPS) is 11.4. The number of aryl methyl sites for hydroxylation is 1. The van der Waals surface area contributed by atoms with Crippen LogP contribution in [0.4, 0.5) is 11.8 Å². The van der Waals surface area contributed by atoms with E-state index in [-0.39, 0.29) is 12.0 Å². The lowest BCUT2D eigenvalue weighted by molar-refractivity contribution is 0.248. The summed E-state index contributed by atoms with van der Waals surface area (Å²) in [4.78, 5) is 8.75. The van der Waals surface area contributed by atoms with E-state index in [9.17, 15) is 0 Å². The molecule has 0 fully saturated rings. The molecule has 1 aromatic rings. The third-order valence-electron chi connectivity index (χ3n) is 2.95. The number of aliphatic hydroxyl groups excluding tert-OH is 1. The van der Waals surface area contributed by atoms with E-state index in [0.29, 0.717) is 5.95 Å². The van der Waals surface area contributed by atoms with Crippen molar-refractivity contribution in [2.45, 2.75) is 40.5 Å². The van der Waals surface area contributed by atoms with Gasteiger partial charge in [-0.25, -0.2) is 4.98 Å². The maximum atomic E-state index is 8.90. The Hall–Kier alpha value is -1.36. The number of nitrogens with zero attached hydrogens (tertiary/aromatic N) is 2. The smallest absolute Gasteiger partial charge is 0.224 e. The number of aromatic nitrogens is 2. The molecule has 0 atom stereocenters. The van der Waals surface area contributed by atoms with Crippen LogP contribution in [0.15, 0.2) is 6.07 Å². The Morgan fingerprint density at radius 2 is 2.00 bits per heavy atom. The highest BCUT2D eigenvalue weighted by atomic mass is 16.2. The molecule has 1 heterocycles. The monoisotopic (exact) mass is 266 g/mol. The molecule has 108 valence electrons. The Morgan fingerprint density at radius 3 is 2.63 bits per heavy atom. The molecule has 0 saturated carbocycles. The topological polar surface area (TPSA) is 70.1 Å². The molecule has 3 N–H and O–H groups in total. The second-order valence-corrected chi connectivity index (χ2v) is 5.59. The third kappa shape index (κ3) is 5.87. The fourth-order valence-corrected chi connectivity index (χ4v) is 1.87. The molecule has 0 aromatic carbocycles. The van der Waals surface area contributed by atoms with Gasteiger partial charge in [0.05, 0.1) is 0 Å². The summed E-state index contributed by atoms with van der Waals surface area (Å²) < 4.78 is 0. The quantitative estimate of drug-likeness (QED) is 0.674. The van der Waals surface area contributed by atoms with Crippen LogP contribution < -0.4 is 10.6 Å². The van der Waals surface area contributed by atoms with Crippen LogP contribution >= 0.6 is 0 Å². The van der Waals surface area contributed by atoms with E-state index in [4.69, 9.17) is 5.11 Å². The summed E-state index contributed by atoms with van der Waals surface area (Å²) in [5.41, 5.74) is 1.08. The summed E-state index contributed by atoms with van der Waals surface area (Å²) in [6, 6.07) is 1.95. The Balaban J connectivity index is 2.61. The number of hydrogen-bond acceptors (Lipinski definition) is 5. The second-order valence-electron chi connectivity index (χ2n) is 5.59. The van der Waals surface area contributed by atoms with Gasteiger partial charge < -0.3 is 15.7 Å². The summed E-state index contributed by atoms with van der Waals surface area (Å²) in [5, 5.41) is 15.4. The molecule has 1 aromatic heterocycles. The lowest BCUT2D eigenvalue weighted by Gasteiger charge is -2.25. The van der Waals surface area contributed by atoms with Crippen LogP contribution in [-0.2, 0) is 0 Å². The lowest BCUT2D eigenvalue weighted by Crippen LogP contribution is -2.24. The molecule has 0 radical (unpaired) electrons. The van der Waals surface area contributed by atoms with Crippen molar-refractivity contribution in [1.29, 1.82) is 0 Å². The van der Waals surface area contributed by atoms with E-state index >= 15 is 0 Å². The number of anilines is 2. The zero-order chi connectivity index (χ0) is 14.3. The molecular formula is C14H26N4O. The molecule has 19 heavy (non-hydrogen) atoms. The van der Waals surface area contributed by atoms with Crippen LogP contribution in [0.1, 0.15) is 39.3 Å². The number of hydrogen-bond donors (Lipinski definition) is 3. The van der Waals surface area contributed by atoms with Crippen LogP contribution in [-0.4, -0.2) is 34.8 Å². The molecule has 0 bridgehead atoms. The Bertz CT molecular complexity index is 393. The van der Waals surface area contributed by atoms with Crippen molar-refractivity contribution in [3.63, 3.8) is 0 Å². The standard InChI is InChI=1S/C14H26N4O/c1-5-15-13-17-11(2)9-12(18-13)16-10-14(3,4)7-6-8-19/h9,19H,5-8,10H2,1-4H3,(H2,15,16,17,18). The first-order chi connectivity index (χ1) is 8.96. The van der Waals surface area contributed by atoms with Gasteiger partial charge in [-0.1, -0.05) is 13.8 Å². The molecule has 1 rings (SSSR count). The highest BCUT2D eigenvalue weighted by Crippen LogP contribution is 2.22. The number of aliphatic hydroxyl groups is 1. The first-order valence-corrected chi connectivity index (χ1v) is 6.91. The minimum Gasteiger partial charge on any atom is -0.396 e. The number of nitrogens with one attached hydrogen (secondary N) is 2. The van der Waals surface area contributed by atoms with E-state index in [2.05, 4.69) is 34.4 Å². The Labute approximate surface area is 115 Å². The highest BCUT2D eigenvalue weighted by Gasteiger charge is 2.17. The summed E-state index contributed by atoms with van der Waals surface area (Å²) in [6.07, 6.45) is 1.82. The van der Waals surface area contributed by atoms with E-state index in [0.717, 1.165) is 37.4 Å². The van der Waals surface area contributed by atoms with E-state index in [1.54, 1.807) is 0 Å². The van der Waals surface area contributed by atoms with E-state index < -0.39 is 0 Å². The van der Waals surface area contributed by atoms with Crippen molar-refractivity contribution in [1.82, 2.24) is 9.97 Å². The summed E-state index contributed by atoms with van der Waals surface area (Å²) in [7, 11) is 0. The van der Waals surface area contributed by atoms with Crippen LogP contribution in [0.5, 0.6) is 0 Å². The summed E-state index contributed by atoms with van der Waals surface area (Å²) in [5.74, 6) is 1.51.